The minimum Gasteiger partial charge on any atom is -0.481 e. The smallest absolute Gasteiger partial charge is 0.341 e. The van der Waals surface area contributed by atoms with E-state index in [1.807, 2.05) is 26.0 Å². The molecule has 0 unspecified atom stereocenters. The van der Waals surface area contributed by atoms with Gasteiger partial charge in [0.2, 0.25) is 5.91 Å². The highest BCUT2D eigenvalue weighted by Crippen LogP contribution is 2.49. The first-order valence-electron chi connectivity index (χ1n) is 9.89. The number of fused-ring (bicyclic) bond motifs is 3. The Hall–Kier alpha value is -2.19. The molecular weight excluding hydrogens is 394 g/mol. The van der Waals surface area contributed by atoms with E-state index >= 15 is 0 Å². The van der Waals surface area contributed by atoms with Gasteiger partial charge in [0, 0.05) is 11.3 Å². The van der Waals surface area contributed by atoms with E-state index < -0.39 is 29.4 Å². The summed E-state index contributed by atoms with van der Waals surface area (Å²) in [4.78, 5) is 38.4. The molecule has 2 N–H and O–H groups in total. The number of carboxylic acid groups (broad SMARTS) is 1. The Balaban J connectivity index is 1.66. The van der Waals surface area contributed by atoms with E-state index in [0.29, 0.717) is 30.0 Å². The summed E-state index contributed by atoms with van der Waals surface area (Å²) in [5.74, 6) is -3.32. The lowest BCUT2D eigenvalue weighted by Crippen LogP contribution is -2.36. The van der Waals surface area contributed by atoms with Crippen LogP contribution >= 0.6 is 11.3 Å². The number of allylic oxidation sites excluding steroid dienone is 2. The number of carbonyl (C=O) groups excluding carboxylic acids is 2. The second-order valence-electron chi connectivity index (χ2n) is 8.48. The Bertz CT molecular complexity index is 901. The molecule has 1 aliphatic heterocycles. The Morgan fingerprint density at radius 1 is 1.28 bits per heavy atom. The van der Waals surface area contributed by atoms with Crippen molar-refractivity contribution in [2.45, 2.75) is 45.8 Å². The maximum absolute atomic E-state index is 13.1. The van der Waals surface area contributed by atoms with Gasteiger partial charge in [-0.25, -0.2) is 4.79 Å². The van der Waals surface area contributed by atoms with Gasteiger partial charge in [-0.3, -0.25) is 9.59 Å². The third-order valence-electron chi connectivity index (χ3n) is 6.05. The molecule has 2 heterocycles. The summed E-state index contributed by atoms with van der Waals surface area (Å²) < 4.78 is 11.1. The lowest BCUT2D eigenvalue weighted by atomic mass is 9.82. The van der Waals surface area contributed by atoms with Gasteiger partial charge in [-0.1, -0.05) is 12.2 Å². The molecule has 0 aromatic carbocycles. The van der Waals surface area contributed by atoms with Crippen LogP contribution in [0.5, 0.6) is 0 Å². The van der Waals surface area contributed by atoms with Gasteiger partial charge in [-0.05, 0) is 44.6 Å². The molecule has 3 aliphatic rings. The quantitative estimate of drug-likeness (QED) is 0.561. The zero-order valence-corrected chi connectivity index (χ0v) is 17.5. The van der Waals surface area contributed by atoms with Crippen molar-refractivity contribution in [1.29, 1.82) is 0 Å². The predicted octanol–water partition coefficient (Wildman–Crippen LogP) is 3.24. The maximum Gasteiger partial charge on any atom is 0.341 e. The Kier molecular flexibility index (Phi) is 5.02. The summed E-state index contributed by atoms with van der Waals surface area (Å²) in [7, 11) is 0. The van der Waals surface area contributed by atoms with Crippen molar-refractivity contribution >= 4 is 34.2 Å². The van der Waals surface area contributed by atoms with Gasteiger partial charge in [-0.2, -0.15) is 0 Å². The molecule has 0 spiro atoms. The molecule has 7 nitrogen and oxygen atoms in total. The molecule has 4 rings (SSSR count). The van der Waals surface area contributed by atoms with Crippen molar-refractivity contribution in [2.24, 2.45) is 23.7 Å². The number of ether oxygens (including phenoxy) is 2. The number of esters is 1. The second kappa shape index (κ2) is 7.25. The number of carboxylic acids is 1. The normalized spacial score (nSPS) is 28.8. The van der Waals surface area contributed by atoms with Crippen LogP contribution in [0.4, 0.5) is 5.00 Å². The predicted molar refractivity (Wildman–Crippen MR) is 107 cm³/mol. The van der Waals surface area contributed by atoms with Crippen molar-refractivity contribution in [2.75, 3.05) is 11.9 Å². The highest BCUT2D eigenvalue weighted by atomic mass is 32.1. The third kappa shape index (κ3) is 3.48. The summed E-state index contributed by atoms with van der Waals surface area (Å²) in [6, 6.07) is 0. The maximum atomic E-state index is 13.1. The van der Waals surface area contributed by atoms with Crippen LogP contribution in [0, 0.1) is 23.7 Å². The number of amides is 1. The molecule has 0 saturated heterocycles. The molecule has 1 saturated carbocycles. The summed E-state index contributed by atoms with van der Waals surface area (Å²) in [6.07, 6.45) is 5.07. The van der Waals surface area contributed by atoms with E-state index in [0.717, 1.165) is 10.4 Å². The average Bonchev–Trinajstić information content (AvgIpc) is 3.33. The van der Waals surface area contributed by atoms with Gasteiger partial charge in [0.1, 0.15) is 5.00 Å². The van der Waals surface area contributed by atoms with Crippen LogP contribution in [0.1, 0.15) is 48.0 Å². The number of hydrogen-bond acceptors (Lipinski definition) is 6. The zero-order valence-electron chi connectivity index (χ0n) is 16.7. The molecule has 4 atom stereocenters. The SMILES string of the molecule is CCOC(=O)c1c(NC(=O)[C@H]2[C@@H](C(=O)O)[C@H]3C=C[C@H]2C3)sc2c1CC(C)(C)OC2. The number of anilines is 1. The highest BCUT2D eigenvalue weighted by Gasteiger charge is 2.52. The van der Waals surface area contributed by atoms with E-state index in [-0.39, 0.29) is 24.3 Å². The van der Waals surface area contributed by atoms with Crippen molar-refractivity contribution in [3.8, 4) is 0 Å². The summed E-state index contributed by atoms with van der Waals surface area (Å²) in [5.41, 5.74) is 0.810. The van der Waals surface area contributed by atoms with Gasteiger partial charge in [0.15, 0.2) is 0 Å². The lowest BCUT2D eigenvalue weighted by molar-refractivity contribution is -0.146. The molecule has 1 aromatic rings. The molecule has 2 aliphatic carbocycles. The van der Waals surface area contributed by atoms with Gasteiger partial charge in [-0.15, -0.1) is 11.3 Å². The molecule has 1 amide bonds. The molecule has 2 bridgehead atoms. The van der Waals surface area contributed by atoms with Crippen molar-refractivity contribution in [3.63, 3.8) is 0 Å². The van der Waals surface area contributed by atoms with Gasteiger partial charge in [0.05, 0.1) is 36.2 Å². The van der Waals surface area contributed by atoms with Crippen LogP contribution in [0.2, 0.25) is 0 Å². The number of rotatable bonds is 5. The average molecular weight is 419 g/mol. The number of aliphatic carboxylic acids is 1. The van der Waals surface area contributed by atoms with Crippen LogP contribution in [-0.4, -0.2) is 35.2 Å². The van der Waals surface area contributed by atoms with Gasteiger partial charge < -0.3 is 19.9 Å². The second-order valence-corrected chi connectivity index (χ2v) is 9.59. The lowest BCUT2D eigenvalue weighted by Gasteiger charge is -2.30. The molecule has 1 fully saturated rings. The highest BCUT2D eigenvalue weighted by molar-refractivity contribution is 7.17. The molecule has 1 aromatic heterocycles. The van der Waals surface area contributed by atoms with Crippen molar-refractivity contribution in [3.05, 3.63) is 28.2 Å². The number of nitrogens with one attached hydrogen (secondary N) is 1. The standard InChI is InChI=1S/C21H25NO6S/c1-4-27-20(26)16-12-8-21(2,3)28-9-13(12)29-18(16)22-17(23)14-10-5-6-11(7-10)15(14)19(24)25/h5-6,10-11,14-15H,4,7-9H2,1-3H3,(H,22,23)(H,24,25)/t10-,11-,14+,15-/m0/s1. The minimum atomic E-state index is -0.951. The van der Waals surface area contributed by atoms with Crippen molar-refractivity contribution in [1.82, 2.24) is 0 Å². The fourth-order valence-electron chi connectivity index (χ4n) is 4.77. The van der Waals surface area contributed by atoms with E-state index in [9.17, 15) is 19.5 Å². The van der Waals surface area contributed by atoms with Crippen molar-refractivity contribution < 1.29 is 29.0 Å². The van der Waals surface area contributed by atoms with E-state index in [4.69, 9.17) is 9.47 Å². The fraction of sp³-hybridized carbons (Fsp3) is 0.571. The molecule has 29 heavy (non-hydrogen) atoms. The number of hydrogen-bond donors (Lipinski definition) is 2. The number of thiophene rings is 1. The van der Waals surface area contributed by atoms with E-state index in [2.05, 4.69) is 5.32 Å². The molecule has 156 valence electrons. The summed E-state index contributed by atoms with van der Waals surface area (Å²) in [6.45, 7) is 6.25. The Morgan fingerprint density at radius 2 is 1.97 bits per heavy atom. The third-order valence-corrected chi connectivity index (χ3v) is 7.17. The monoisotopic (exact) mass is 419 g/mol. The molecule has 8 heteroatoms. The first-order valence-corrected chi connectivity index (χ1v) is 10.7. The largest absolute Gasteiger partial charge is 0.481 e. The molecular formula is C21H25NO6S. The first-order chi connectivity index (χ1) is 13.7. The van der Waals surface area contributed by atoms with Crippen LogP contribution in [-0.2, 0) is 32.1 Å². The van der Waals surface area contributed by atoms with Gasteiger partial charge >= 0.3 is 11.9 Å². The minimum absolute atomic E-state index is 0.0796. The first kappa shape index (κ1) is 20.1. The summed E-state index contributed by atoms with van der Waals surface area (Å²) >= 11 is 1.31. The molecule has 0 radical (unpaired) electrons. The van der Waals surface area contributed by atoms with E-state index in [1.165, 1.54) is 11.3 Å². The van der Waals surface area contributed by atoms with Crippen LogP contribution in [0.3, 0.4) is 0 Å². The van der Waals surface area contributed by atoms with Crippen LogP contribution in [0.25, 0.3) is 0 Å². The Labute approximate surface area is 173 Å². The fourth-order valence-corrected chi connectivity index (χ4v) is 5.89. The topological polar surface area (TPSA) is 102 Å². The van der Waals surface area contributed by atoms with Crippen LogP contribution < -0.4 is 5.32 Å². The van der Waals surface area contributed by atoms with E-state index in [1.54, 1.807) is 6.92 Å². The Morgan fingerprint density at radius 3 is 2.62 bits per heavy atom. The van der Waals surface area contributed by atoms with Gasteiger partial charge in [0.25, 0.3) is 0 Å². The number of carbonyl (C=O) groups is 3. The zero-order chi connectivity index (χ0) is 20.9. The summed E-state index contributed by atoms with van der Waals surface area (Å²) in [5, 5.41) is 12.9. The van der Waals surface area contributed by atoms with Crippen LogP contribution in [0.15, 0.2) is 12.2 Å².